The summed E-state index contributed by atoms with van der Waals surface area (Å²) < 4.78 is 5.28. The zero-order chi connectivity index (χ0) is 15.5. The normalized spacial score (nSPS) is 21.9. The lowest BCUT2D eigenvalue weighted by molar-refractivity contribution is -0.125. The Kier molecular flexibility index (Phi) is 4.61. The molecule has 0 N–H and O–H groups in total. The number of thioether (sulfide) groups is 1. The summed E-state index contributed by atoms with van der Waals surface area (Å²) in [6.07, 6.45) is 1.79. The van der Waals surface area contributed by atoms with Gasteiger partial charge in [-0.3, -0.25) is 19.4 Å². The van der Waals surface area contributed by atoms with Gasteiger partial charge in [0.25, 0.3) is 11.1 Å². The zero-order valence-electron chi connectivity index (χ0n) is 12.4. The lowest BCUT2D eigenvalue weighted by atomic mass is 10.1. The summed E-state index contributed by atoms with van der Waals surface area (Å²) in [4.78, 5) is 28.4. The molecule has 0 radical (unpaired) electrons. The van der Waals surface area contributed by atoms with Crippen LogP contribution in [-0.4, -0.2) is 53.9 Å². The van der Waals surface area contributed by atoms with Gasteiger partial charge in [-0.1, -0.05) is 29.8 Å². The third kappa shape index (κ3) is 3.40. The first-order valence-electron chi connectivity index (χ1n) is 7.25. The van der Waals surface area contributed by atoms with Gasteiger partial charge in [-0.2, -0.15) is 0 Å². The van der Waals surface area contributed by atoms with Gasteiger partial charge >= 0.3 is 0 Å². The smallest absolute Gasteiger partial charge is 0.294 e. The molecule has 2 aliphatic heterocycles. The Hall–Kier alpha value is -1.63. The molecule has 116 valence electrons. The van der Waals surface area contributed by atoms with Crippen molar-refractivity contribution in [2.24, 2.45) is 0 Å². The van der Waals surface area contributed by atoms with E-state index in [-0.39, 0.29) is 11.1 Å². The quantitative estimate of drug-likeness (QED) is 0.801. The van der Waals surface area contributed by atoms with Gasteiger partial charge in [-0.25, -0.2) is 0 Å². The van der Waals surface area contributed by atoms with Gasteiger partial charge in [0, 0.05) is 13.1 Å². The minimum Gasteiger partial charge on any atom is -0.379 e. The number of ether oxygens (including phenoxy) is 1. The van der Waals surface area contributed by atoms with E-state index in [9.17, 15) is 9.59 Å². The van der Waals surface area contributed by atoms with Gasteiger partial charge in [0.2, 0.25) is 0 Å². The maximum Gasteiger partial charge on any atom is 0.294 e. The van der Waals surface area contributed by atoms with E-state index in [1.54, 1.807) is 6.08 Å². The SMILES string of the molecule is Cc1cccc(C=C2SC(=O)N(CN3CCOCC3)C2=O)c1. The number of morpholine rings is 1. The first-order chi connectivity index (χ1) is 10.6. The van der Waals surface area contributed by atoms with E-state index in [2.05, 4.69) is 4.90 Å². The van der Waals surface area contributed by atoms with Gasteiger partial charge in [0.1, 0.15) is 0 Å². The maximum atomic E-state index is 12.4. The van der Waals surface area contributed by atoms with Crippen molar-refractivity contribution in [1.82, 2.24) is 9.80 Å². The standard InChI is InChI=1S/C16H18N2O3S/c1-12-3-2-4-13(9-12)10-14-15(19)18(16(20)22-14)11-17-5-7-21-8-6-17/h2-4,9-10H,5-8,11H2,1H3. The molecule has 2 fully saturated rings. The van der Waals surface area contributed by atoms with Crippen LogP contribution in [0.25, 0.3) is 6.08 Å². The summed E-state index contributed by atoms with van der Waals surface area (Å²) in [5.41, 5.74) is 2.07. The molecular weight excluding hydrogens is 300 g/mol. The van der Waals surface area contributed by atoms with Crippen molar-refractivity contribution < 1.29 is 14.3 Å². The molecule has 0 bridgehead atoms. The molecular formula is C16H18N2O3S. The van der Waals surface area contributed by atoms with Crippen molar-refractivity contribution in [3.8, 4) is 0 Å². The monoisotopic (exact) mass is 318 g/mol. The van der Waals surface area contributed by atoms with Crippen LogP contribution in [0.2, 0.25) is 0 Å². The summed E-state index contributed by atoms with van der Waals surface area (Å²) in [6.45, 7) is 5.14. The van der Waals surface area contributed by atoms with Gasteiger partial charge in [0.05, 0.1) is 24.8 Å². The third-order valence-corrected chi connectivity index (χ3v) is 4.57. The predicted molar refractivity (Wildman–Crippen MR) is 86.2 cm³/mol. The molecule has 22 heavy (non-hydrogen) atoms. The first-order valence-corrected chi connectivity index (χ1v) is 8.07. The molecule has 3 rings (SSSR count). The van der Waals surface area contributed by atoms with Gasteiger partial charge in [0.15, 0.2) is 0 Å². The fourth-order valence-electron chi connectivity index (χ4n) is 2.48. The van der Waals surface area contributed by atoms with Crippen LogP contribution in [0, 0.1) is 6.92 Å². The first kappa shape index (κ1) is 15.3. The number of benzene rings is 1. The van der Waals surface area contributed by atoms with Crippen molar-refractivity contribution >= 4 is 29.0 Å². The number of amides is 2. The molecule has 2 aliphatic rings. The molecule has 0 spiro atoms. The molecule has 0 aliphatic carbocycles. The van der Waals surface area contributed by atoms with E-state index in [0.29, 0.717) is 24.8 Å². The topological polar surface area (TPSA) is 49.9 Å². The fraction of sp³-hybridized carbons (Fsp3) is 0.375. The number of rotatable bonds is 3. The predicted octanol–water partition coefficient (Wildman–Crippen LogP) is 2.32. The van der Waals surface area contributed by atoms with Gasteiger partial charge in [-0.15, -0.1) is 0 Å². The van der Waals surface area contributed by atoms with Crippen LogP contribution in [0.3, 0.4) is 0 Å². The van der Waals surface area contributed by atoms with Crippen LogP contribution in [0.5, 0.6) is 0 Å². The second-order valence-corrected chi connectivity index (χ2v) is 6.39. The lowest BCUT2D eigenvalue weighted by Crippen LogP contribution is -2.45. The van der Waals surface area contributed by atoms with E-state index in [1.165, 1.54) is 4.90 Å². The number of aryl methyl sites for hydroxylation is 1. The van der Waals surface area contributed by atoms with E-state index >= 15 is 0 Å². The summed E-state index contributed by atoms with van der Waals surface area (Å²) >= 11 is 1.01. The zero-order valence-corrected chi connectivity index (χ0v) is 13.3. The number of imide groups is 1. The Bertz CT molecular complexity index is 624. The Morgan fingerprint density at radius 2 is 2.05 bits per heavy atom. The Morgan fingerprint density at radius 1 is 1.27 bits per heavy atom. The molecule has 2 amide bonds. The van der Waals surface area contributed by atoms with Crippen molar-refractivity contribution in [2.75, 3.05) is 33.0 Å². The Morgan fingerprint density at radius 3 is 2.77 bits per heavy atom. The highest BCUT2D eigenvalue weighted by atomic mass is 32.2. The van der Waals surface area contributed by atoms with Crippen LogP contribution in [0.4, 0.5) is 4.79 Å². The molecule has 0 aromatic heterocycles. The highest BCUT2D eigenvalue weighted by Crippen LogP contribution is 2.32. The van der Waals surface area contributed by atoms with Crippen LogP contribution in [-0.2, 0) is 9.53 Å². The second-order valence-electron chi connectivity index (χ2n) is 5.40. The summed E-state index contributed by atoms with van der Waals surface area (Å²) in [6, 6.07) is 7.87. The second kappa shape index (κ2) is 6.64. The van der Waals surface area contributed by atoms with Crippen molar-refractivity contribution in [1.29, 1.82) is 0 Å². The van der Waals surface area contributed by atoms with Gasteiger partial charge in [-0.05, 0) is 30.3 Å². The van der Waals surface area contributed by atoms with Crippen molar-refractivity contribution in [3.63, 3.8) is 0 Å². The number of carbonyl (C=O) groups is 2. The Balaban J connectivity index is 1.73. The number of nitrogens with zero attached hydrogens (tertiary/aromatic N) is 2. The molecule has 6 heteroatoms. The van der Waals surface area contributed by atoms with E-state index < -0.39 is 0 Å². The van der Waals surface area contributed by atoms with Crippen LogP contribution in [0.15, 0.2) is 29.2 Å². The lowest BCUT2D eigenvalue weighted by Gasteiger charge is -2.29. The van der Waals surface area contributed by atoms with E-state index in [4.69, 9.17) is 4.74 Å². The molecule has 2 saturated heterocycles. The van der Waals surface area contributed by atoms with Gasteiger partial charge < -0.3 is 4.74 Å². The van der Waals surface area contributed by atoms with E-state index in [1.807, 2.05) is 31.2 Å². The fourth-order valence-corrected chi connectivity index (χ4v) is 3.31. The highest BCUT2D eigenvalue weighted by molar-refractivity contribution is 8.18. The molecule has 1 aromatic carbocycles. The minimum atomic E-state index is -0.206. The number of hydrogen-bond acceptors (Lipinski definition) is 5. The Labute approximate surface area is 133 Å². The van der Waals surface area contributed by atoms with Crippen LogP contribution >= 0.6 is 11.8 Å². The molecule has 1 aromatic rings. The molecule has 0 atom stereocenters. The highest BCUT2D eigenvalue weighted by Gasteiger charge is 2.36. The summed E-state index contributed by atoms with van der Waals surface area (Å²) in [5, 5.41) is -0.199. The van der Waals surface area contributed by atoms with E-state index in [0.717, 1.165) is 36.0 Å². The van der Waals surface area contributed by atoms with Crippen LogP contribution < -0.4 is 0 Å². The van der Waals surface area contributed by atoms with Crippen molar-refractivity contribution in [2.45, 2.75) is 6.92 Å². The van der Waals surface area contributed by atoms with Crippen LogP contribution in [0.1, 0.15) is 11.1 Å². The maximum absolute atomic E-state index is 12.4. The molecule has 2 heterocycles. The number of carbonyl (C=O) groups excluding carboxylic acids is 2. The minimum absolute atomic E-state index is 0.199. The molecule has 0 unspecified atom stereocenters. The van der Waals surface area contributed by atoms with Crippen molar-refractivity contribution in [3.05, 3.63) is 40.3 Å². The average molecular weight is 318 g/mol. The summed E-state index contributed by atoms with van der Waals surface area (Å²) in [7, 11) is 0. The number of hydrogen-bond donors (Lipinski definition) is 0. The summed E-state index contributed by atoms with van der Waals surface area (Å²) in [5.74, 6) is -0.206. The largest absolute Gasteiger partial charge is 0.379 e. The molecule has 5 nitrogen and oxygen atoms in total. The third-order valence-electron chi connectivity index (χ3n) is 3.66. The average Bonchev–Trinajstić information content (AvgIpc) is 2.76. The molecule has 0 saturated carbocycles.